The third-order valence-corrected chi connectivity index (χ3v) is 5.19. The van der Waals surface area contributed by atoms with Crippen molar-refractivity contribution in [3.63, 3.8) is 0 Å². The maximum atomic E-state index is 12.1. The fourth-order valence-electron chi connectivity index (χ4n) is 2.35. The molecule has 0 fully saturated rings. The van der Waals surface area contributed by atoms with Gasteiger partial charge in [-0.05, 0) is 11.1 Å². The molecule has 0 aliphatic heterocycles. The summed E-state index contributed by atoms with van der Waals surface area (Å²) in [5.41, 5.74) is 2.67. The van der Waals surface area contributed by atoms with E-state index in [1.807, 2.05) is 17.5 Å². The van der Waals surface area contributed by atoms with Crippen molar-refractivity contribution in [1.82, 2.24) is 15.6 Å². The maximum absolute atomic E-state index is 12.1. The van der Waals surface area contributed by atoms with Crippen LogP contribution in [-0.2, 0) is 29.8 Å². The molecule has 0 aliphatic carbocycles. The molecule has 2 rings (SSSR count). The number of benzene rings is 1. The van der Waals surface area contributed by atoms with Gasteiger partial charge in [-0.25, -0.2) is 4.98 Å². The van der Waals surface area contributed by atoms with E-state index in [0.29, 0.717) is 24.6 Å². The smallest absolute Gasteiger partial charge is 0.367 e. The Kier molecular flexibility index (Phi) is 10.5. The molecular formula is C20H28F3IN4OS. The van der Waals surface area contributed by atoms with E-state index >= 15 is 0 Å². The van der Waals surface area contributed by atoms with E-state index in [0.717, 1.165) is 16.3 Å². The number of alkyl halides is 3. The van der Waals surface area contributed by atoms with Crippen molar-refractivity contribution in [3.05, 3.63) is 51.5 Å². The number of nitrogens with one attached hydrogen (secondary N) is 2. The fourth-order valence-corrected chi connectivity index (χ4v) is 3.26. The van der Waals surface area contributed by atoms with Crippen LogP contribution in [0, 0.1) is 0 Å². The lowest BCUT2D eigenvalue weighted by molar-refractivity contribution is -0.176. The highest BCUT2D eigenvalue weighted by Gasteiger charge is 2.27. The second kappa shape index (κ2) is 11.8. The van der Waals surface area contributed by atoms with Gasteiger partial charge >= 0.3 is 6.18 Å². The van der Waals surface area contributed by atoms with Gasteiger partial charge in [-0.15, -0.1) is 35.3 Å². The average Bonchev–Trinajstić information content (AvgIpc) is 3.11. The van der Waals surface area contributed by atoms with Crippen molar-refractivity contribution < 1.29 is 17.9 Å². The number of aromatic nitrogens is 1. The molecule has 30 heavy (non-hydrogen) atoms. The zero-order valence-electron chi connectivity index (χ0n) is 17.5. The Morgan fingerprint density at radius 3 is 2.20 bits per heavy atom. The second-order valence-electron chi connectivity index (χ2n) is 7.60. The van der Waals surface area contributed by atoms with Gasteiger partial charge in [0.15, 0.2) is 5.96 Å². The summed E-state index contributed by atoms with van der Waals surface area (Å²) < 4.78 is 41.0. The number of hydrogen-bond acceptors (Lipinski definition) is 4. The number of halogens is 4. The van der Waals surface area contributed by atoms with Gasteiger partial charge in [-0.2, -0.15) is 13.2 Å². The van der Waals surface area contributed by atoms with E-state index in [1.54, 1.807) is 30.5 Å². The Morgan fingerprint density at radius 2 is 1.67 bits per heavy atom. The highest BCUT2D eigenvalue weighted by atomic mass is 127. The Balaban J connectivity index is 0.00000450. The van der Waals surface area contributed by atoms with Gasteiger partial charge in [0.1, 0.15) is 6.61 Å². The molecule has 0 amide bonds. The Morgan fingerprint density at radius 1 is 1.07 bits per heavy atom. The lowest BCUT2D eigenvalue weighted by Crippen LogP contribution is -2.36. The summed E-state index contributed by atoms with van der Waals surface area (Å²) in [6.45, 7) is 6.20. The first-order valence-corrected chi connectivity index (χ1v) is 10.1. The molecule has 1 aromatic heterocycles. The molecule has 5 nitrogen and oxygen atoms in total. The van der Waals surface area contributed by atoms with Crippen molar-refractivity contribution >= 4 is 41.3 Å². The van der Waals surface area contributed by atoms with Crippen molar-refractivity contribution in [2.75, 3.05) is 13.7 Å². The monoisotopic (exact) mass is 556 g/mol. The lowest BCUT2D eigenvalue weighted by Gasteiger charge is -2.14. The molecule has 0 saturated carbocycles. The molecule has 0 atom stereocenters. The van der Waals surface area contributed by atoms with Crippen LogP contribution >= 0.6 is 35.3 Å². The summed E-state index contributed by atoms with van der Waals surface area (Å²) in [5.74, 6) is 0.646. The molecule has 2 N–H and O–H groups in total. The number of aliphatic imine (C=N–C) groups is 1. The van der Waals surface area contributed by atoms with Gasteiger partial charge in [0.25, 0.3) is 0 Å². The topological polar surface area (TPSA) is 58.5 Å². The van der Waals surface area contributed by atoms with Crippen LogP contribution in [-0.4, -0.2) is 30.8 Å². The van der Waals surface area contributed by atoms with Crippen molar-refractivity contribution in [3.8, 4) is 0 Å². The normalized spacial score (nSPS) is 12.4. The Hall–Kier alpha value is -1.40. The molecule has 168 valence electrons. The van der Waals surface area contributed by atoms with Crippen molar-refractivity contribution in [1.29, 1.82) is 0 Å². The molecule has 0 aliphatic rings. The van der Waals surface area contributed by atoms with E-state index in [-0.39, 0.29) is 36.0 Å². The molecule has 0 spiro atoms. The van der Waals surface area contributed by atoms with Crippen molar-refractivity contribution in [2.24, 2.45) is 4.99 Å². The number of rotatable bonds is 7. The van der Waals surface area contributed by atoms with Gasteiger partial charge in [0.2, 0.25) is 0 Å². The van der Waals surface area contributed by atoms with Gasteiger partial charge < -0.3 is 15.4 Å². The van der Waals surface area contributed by atoms with E-state index < -0.39 is 12.8 Å². The first-order chi connectivity index (χ1) is 13.6. The Bertz CT molecular complexity index is 802. The van der Waals surface area contributed by atoms with E-state index in [1.165, 1.54) is 0 Å². The number of ether oxygens (including phenoxy) is 1. The van der Waals surface area contributed by atoms with Gasteiger partial charge in [0, 0.05) is 24.4 Å². The fraction of sp³-hybridized carbons (Fsp3) is 0.500. The summed E-state index contributed by atoms with van der Waals surface area (Å²) in [6.07, 6.45) is -4.31. The van der Waals surface area contributed by atoms with E-state index in [4.69, 9.17) is 0 Å². The second-order valence-corrected chi connectivity index (χ2v) is 8.46. The molecule has 0 bridgehead atoms. The van der Waals surface area contributed by atoms with Crippen LogP contribution in [0.3, 0.4) is 0 Å². The lowest BCUT2D eigenvalue weighted by atomic mass is 9.98. The predicted molar refractivity (Wildman–Crippen MR) is 125 cm³/mol. The number of hydrogen-bond donors (Lipinski definition) is 2. The summed E-state index contributed by atoms with van der Waals surface area (Å²) in [6, 6.07) is 7.21. The van der Waals surface area contributed by atoms with Crippen LogP contribution in [0.2, 0.25) is 0 Å². The molecule has 0 saturated heterocycles. The highest BCUT2D eigenvalue weighted by Crippen LogP contribution is 2.25. The highest BCUT2D eigenvalue weighted by molar-refractivity contribution is 14.0. The Labute approximate surface area is 196 Å². The predicted octanol–water partition coefficient (Wildman–Crippen LogP) is 5.00. The molecule has 1 heterocycles. The molecular weight excluding hydrogens is 528 g/mol. The van der Waals surface area contributed by atoms with E-state index in [9.17, 15) is 13.2 Å². The van der Waals surface area contributed by atoms with Crippen molar-refractivity contribution in [2.45, 2.75) is 52.1 Å². The standard InChI is InChI=1S/C20H27F3N4OS.HI/c1-19(2,3)17-27-16(12-29-17)10-26-18(24-4)25-9-14-5-7-15(8-6-14)11-28-13-20(21,22)23;/h5-8,12H,9-11,13H2,1-4H3,(H2,24,25,26);1H. The van der Waals surface area contributed by atoms with Gasteiger partial charge in [-0.3, -0.25) is 4.99 Å². The SMILES string of the molecule is CN=C(NCc1ccc(COCC(F)(F)F)cc1)NCc1csc(C(C)(C)C)n1.I. The minimum atomic E-state index is -4.31. The van der Waals surface area contributed by atoms with Crippen LogP contribution < -0.4 is 10.6 Å². The van der Waals surface area contributed by atoms with E-state index in [2.05, 4.69) is 46.1 Å². The van der Waals surface area contributed by atoms with Gasteiger partial charge in [0.05, 0.1) is 23.9 Å². The molecule has 0 radical (unpaired) electrons. The summed E-state index contributed by atoms with van der Waals surface area (Å²) in [5, 5.41) is 9.58. The molecule has 2 aromatic rings. The molecule has 0 unspecified atom stereocenters. The summed E-state index contributed by atoms with van der Waals surface area (Å²) in [7, 11) is 1.69. The zero-order valence-corrected chi connectivity index (χ0v) is 20.6. The van der Waals surface area contributed by atoms with Gasteiger partial charge in [-0.1, -0.05) is 45.0 Å². The van der Waals surface area contributed by atoms with Crippen LogP contribution in [0.5, 0.6) is 0 Å². The number of guanidine groups is 1. The number of nitrogens with zero attached hydrogens (tertiary/aromatic N) is 2. The third-order valence-electron chi connectivity index (χ3n) is 3.87. The first kappa shape index (κ1) is 26.6. The largest absolute Gasteiger partial charge is 0.411 e. The zero-order chi connectivity index (χ0) is 21.5. The molecule has 10 heteroatoms. The summed E-state index contributed by atoms with van der Waals surface area (Å²) in [4.78, 5) is 8.84. The molecule has 1 aromatic carbocycles. The minimum Gasteiger partial charge on any atom is -0.367 e. The number of thiazole rings is 1. The first-order valence-electron chi connectivity index (χ1n) is 9.18. The minimum absolute atomic E-state index is 0. The van der Waals surface area contributed by atoms with Crippen LogP contribution in [0.1, 0.15) is 42.6 Å². The van der Waals surface area contributed by atoms with Crippen LogP contribution in [0.25, 0.3) is 0 Å². The van der Waals surface area contributed by atoms with Crippen LogP contribution in [0.15, 0.2) is 34.6 Å². The average molecular weight is 556 g/mol. The summed E-state index contributed by atoms with van der Waals surface area (Å²) >= 11 is 1.65. The maximum Gasteiger partial charge on any atom is 0.411 e. The third kappa shape index (κ3) is 9.61. The van der Waals surface area contributed by atoms with Crippen LogP contribution in [0.4, 0.5) is 13.2 Å². The quantitative estimate of drug-likeness (QED) is 0.286.